The summed E-state index contributed by atoms with van der Waals surface area (Å²) in [6.07, 6.45) is 2.66. The molecule has 0 bridgehead atoms. The van der Waals surface area contributed by atoms with E-state index in [1.165, 1.54) is 0 Å². The van der Waals surface area contributed by atoms with E-state index in [2.05, 4.69) is 0 Å². The van der Waals surface area contributed by atoms with E-state index in [-0.39, 0.29) is 11.7 Å². The van der Waals surface area contributed by atoms with Crippen molar-refractivity contribution in [2.75, 3.05) is 14.2 Å². The zero-order valence-corrected chi connectivity index (χ0v) is 11.2. The van der Waals surface area contributed by atoms with Gasteiger partial charge in [0.2, 0.25) is 0 Å². The molecular weight excluding hydrogens is 244 g/mol. The van der Waals surface area contributed by atoms with Crippen molar-refractivity contribution >= 4 is 12.1 Å². The van der Waals surface area contributed by atoms with E-state index in [1.807, 2.05) is 18.2 Å². The van der Waals surface area contributed by atoms with Crippen LogP contribution in [0.25, 0.3) is 0 Å². The summed E-state index contributed by atoms with van der Waals surface area (Å²) in [4.78, 5) is 22.6. The highest BCUT2D eigenvalue weighted by atomic mass is 16.5. The van der Waals surface area contributed by atoms with Crippen LogP contribution in [0.1, 0.15) is 30.7 Å². The molecule has 0 heterocycles. The molecule has 1 aromatic carbocycles. The van der Waals surface area contributed by atoms with E-state index in [4.69, 9.17) is 9.47 Å². The second-order valence-electron chi connectivity index (χ2n) is 4.83. The molecular formula is C15H18O4. The minimum absolute atomic E-state index is 0.0352. The van der Waals surface area contributed by atoms with Crippen molar-refractivity contribution in [3.05, 3.63) is 23.8 Å². The minimum atomic E-state index is -0.413. The van der Waals surface area contributed by atoms with Gasteiger partial charge in [0.05, 0.1) is 20.1 Å². The maximum atomic E-state index is 11.8. The number of benzene rings is 1. The first-order valence-corrected chi connectivity index (χ1v) is 6.39. The standard InChI is InChI=1S/C15H18O4/c1-18-13-5-12(6-14(8-13)19-2)10-3-4-11(9-16)15(17)7-10/h5-6,8-11H,3-4,7H2,1-2H3. The summed E-state index contributed by atoms with van der Waals surface area (Å²) in [5.41, 5.74) is 1.04. The molecule has 1 aromatic rings. The molecule has 2 unspecified atom stereocenters. The van der Waals surface area contributed by atoms with E-state index >= 15 is 0 Å². The van der Waals surface area contributed by atoms with Crippen LogP contribution in [0.3, 0.4) is 0 Å². The van der Waals surface area contributed by atoms with Crippen LogP contribution in [-0.4, -0.2) is 26.3 Å². The summed E-state index contributed by atoms with van der Waals surface area (Å²) in [5.74, 6) is 1.21. The zero-order valence-electron chi connectivity index (χ0n) is 11.2. The Morgan fingerprint density at radius 1 is 1.11 bits per heavy atom. The van der Waals surface area contributed by atoms with Gasteiger partial charge in [-0.05, 0) is 36.5 Å². The summed E-state index contributed by atoms with van der Waals surface area (Å²) in [6.45, 7) is 0. The van der Waals surface area contributed by atoms with Gasteiger partial charge in [-0.1, -0.05) is 0 Å². The summed E-state index contributed by atoms with van der Waals surface area (Å²) >= 11 is 0. The molecule has 19 heavy (non-hydrogen) atoms. The first kappa shape index (κ1) is 13.6. The van der Waals surface area contributed by atoms with Gasteiger partial charge in [-0.2, -0.15) is 0 Å². The van der Waals surface area contributed by atoms with Gasteiger partial charge >= 0.3 is 0 Å². The van der Waals surface area contributed by atoms with Crippen molar-refractivity contribution in [1.82, 2.24) is 0 Å². The van der Waals surface area contributed by atoms with Crippen LogP contribution < -0.4 is 9.47 Å². The molecule has 2 rings (SSSR count). The second-order valence-corrected chi connectivity index (χ2v) is 4.83. The second kappa shape index (κ2) is 5.87. The van der Waals surface area contributed by atoms with Gasteiger partial charge in [-0.15, -0.1) is 0 Å². The fourth-order valence-electron chi connectivity index (χ4n) is 2.53. The minimum Gasteiger partial charge on any atom is -0.497 e. The Morgan fingerprint density at radius 2 is 1.74 bits per heavy atom. The average molecular weight is 262 g/mol. The van der Waals surface area contributed by atoms with Crippen molar-refractivity contribution in [3.63, 3.8) is 0 Å². The SMILES string of the molecule is COc1cc(OC)cc(C2CCC(C=O)C(=O)C2)c1. The summed E-state index contributed by atoms with van der Waals surface area (Å²) in [7, 11) is 3.21. The van der Waals surface area contributed by atoms with Gasteiger partial charge in [0.1, 0.15) is 23.6 Å². The molecule has 0 N–H and O–H groups in total. The van der Waals surface area contributed by atoms with Crippen LogP contribution in [0.15, 0.2) is 18.2 Å². The third-order valence-electron chi connectivity index (χ3n) is 3.70. The molecule has 0 spiro atoms. The number of ether oxygens (including phenoxy) is 2. The van der Waals surface area contributed by atoms with Crippen LogP contribution >= 0.6 is 0 Å². The molecule has 0 aromatic heterocycles. The number of carbonyl (C=O) groups excluding carboxylic acids is 2. The molecule has 1 saturated carbocycles. The lowest BCUT2D eigenvalue weighted by Gasteiger charge is -2.25. The lowest BCUT2D eigenvalue weighted by Crippen LogP contribution is -2.24. The first-order chi connectivity index (χ1) is 9.17. The Bertz CT molecular complexity index is 459. The largest absolute Gasteiger partial charge is 0.497 e. The quantitative estimate of drug-likeness (QED) is 0.617. The van der Waals surface area contributed by atoms with E-state index in [9.17, 15) is 9.59 Å². The summed E-state index contributed by atoms with van der Waals surface area (Å²) < 4.78 is 10.5. The van der Waals surface area contributed by atoms with Gasteiger partial charge < -0.3 is 14.3 Å². The predicted octanol–water partition coefficient (Wildman–Crippen LogP) is 2.36. The Balaban J connectivity index is 2.22. The van der Waals surface area contributed by atoms with Gasteiger partial charge in [-0.25, -0.2) is 0 Å². The van der Waals surface area contributed by atoms with E-state index < -0.39 is 5.92 Å². The first-order valence-electron chi connectivity index (χ1n) is 6.39. The molecule has 0 aliphatic heterocycles. The molecule has 102 valence electrons. The van der Waals surface area contributed by atoms with Crippen molar-refractivity contribution < 1.29 is 19.1 Å². The molecule has 0 amide bonds. The van der Waals surface area contributed by atoms with Gasteiger partial charge in [0, 0.05) is 12.5 Å². The Labute approximate surface area is 112 Å². The van der Waals surface area contributed by atoms with Gasteiger partial charge in [0.25, 0.3) is 0 Å². The molecule has 4 heteroatoms. The lowest BCUT2D eigenvalue weighted by atomic mass is 9.78. The number of aldehydes is 1. The molecule has 4 nitrogen and oxygen atoms in total. The maximum Gasteiger partial charge on any atom is 0.143 e. The highest BCUT2D eigenvalue weighted by Gasteiger charge is 2.29. The monoisotopic (exact) mass is 262 g/mol. The Hall–Kier alpha value is -1.84. The fraction of sp³-hybridized carbons (Fsp3) is 0.467. The maximum absolute atomic E-state index is 11.8. The van der Waals surface area contributed by atoms with E-state index in [0.29, 0.717) is 12.8 Å². The van der Waals surface area contributed by atoms with Crippen molar-refractivity contribution in [1.29, 1.82) is 0 Å². The number of methoxy groups -OCH3 is 2. The van der Waals surface area contributed by atoms with Crippen molar-refractivity contribution in [2.45, 2.75) is 25.2 Å². The molecule has 0 radical (unpaired) electrons. The Morgan fingerprint density at radius 3 is 2.21 bits per heavy atom. The van der Waals surface area contributed by atoms with Gasteiger partial charge in [-0.3, -0.25) is 4.79 Å². The van der Waals surface area contributed by atoms with Crippen LogP contribution in [0, 0.1) is 5.92 Å². The number of hydrogen-bond acceptors (Lipinski definition) is 4. The predicted molar refractivity (Wildman–Crippen MR) is 70.7 cm³/mol. The normalized spacial score (nSPS) is 22.9. The third kappa shape index (κ3) is 2.95. The molecule has 1 fully saturated rings. The average Bonchev–Trinajstić information content (AvgIpc) is 2.46. The van der Waals surface area contributed by atoms with Crippen LogP contribution in [-0.2, 0) is 9.59 Å². The Kier molecular flexibility index (Phi) is 4.20. The smallest absolute Gasteiger partial charge is 0.143 e. The van der Waals surface area contributed by atoms with E-state index in [1.54, 1.807) is 14.2 Å². The lowest BCUT2D eigenvalue weighted by molar-refractivity contribution is -0.129. The fourth-order valence-corrected chi connectivity index (χ4v) is 2.53. The van der Waals surface area contributed by atoms with Crippen LogP contribution in [0.4, 0.5) is 0 Å². The number of carbonyl (C=O) groups is 2. The van der Waals surface area contributed by atoms with Crippen LogP contribution in [0.5, 0.6) is 11.5 Å². The molecule has 0 saturated heterocycles. The highest BCUT2D eigenvalue weighted by molar-refractivity contribution is 5.94. The summed E-state index contributed by atoms with van der Waals surface area (Å²) in [6, 6.07) is 5.67. The number of rotatable bonds is 4. The topological polar surface area (TPSA) is 52.6 Å². The van der Waals surface area contributed by atoms with E-state index in [0.717, 1.165) is 29.8 Å². The van der Waals surface area contributed by atoms with Gasteiger partial charge in [0.15, 0.2) is 0 Å². The molecule has 1 aliphatic rings. The number of Topliss-reactive ketones (excluding diaryl/α,β-unsaturated/α-hetero) is 1. The number of hydrogen-bond donors (Lipinski definition) is 0. The molecule has 2 atom stereocenters. The number of ketones is 1. The third-order valence-corrected chi connectivity index (χ3v) is 3.70. The summed E-state index contributed by atoms with van der Waals surface area (Å²) in [5, 5.41) is 0. The molecule has 1 aliphatic carbocycles. The van der Waals surface area contributed by atoms with Crippen molar-refractivity contribution in [2.24, 2.45) is 5.92 Å². The van der Waals surface area contributed by atoms with Crippen molar-refractivity contribution in [3.8, 4) is 11.5 Å². The zero-order chi connectivity index (χ0) is 13.8. The highest BCUT2D eigenvalue weighted by Crippen LogP contribution is 2.36. The van der Waals surface area contributed by atoms with Crippen LogP contribution in [0.2, 0.25) is 0 Å².